The van der Waals surface area contributed by atoms with Gasteiger partial charge in [0, 0.05) is 24.4 Å². The van der Waals surface area contributed by atoms with Crippen molar-refractivity contribution in [2.24, 2.45) is 5.92 Å². The molecule has 0 aromatic heterocycles. The van der Waals surface area contributed by atoms with Crippen LogP contribution < -0.4 is 14.8 Å². The van der Waals surface area contributed by atoms with Gasteiger partial charge in [-0.3, -0.25) is 0 Å². The van der Waals surface area contributed by atoms with E-state index in [2.05, 4.69) is 17.4 Å². The first-order valence-corrected chi connectivity index (χ1v) is 13.6. The second-order valence-corrected chi connectivity index (χ2v) is 10.8. The maximum atomic E-state index is 13.8. The van der Waals surface area contributed by atoms with Gasteiger partial charge in [-0.15, -0.1) is 0 Å². The molecule has 1 atom stereocenters. The fraction of sp³-hybridized carbons (Fsp3) is 0.533. The van der Waals surface area contributed by atoms with Crippen molar-refractivity contribution < 1.29 is 33.0 Å². The van der Waals surface area contributed by atoms with Crippen LogP contribution in [-0.4, -0.2) is 52.7 Å². The zero-order chi connectivity index (χ0) is 28.4. The summed E-state index contributed by atoms with van der Waals surface area (Å²) < 4.78 is 39.2. The van der Waals surface area contributed by atoms with E-state index in [0.717, 1.165) is 30.4 Å². The number of carbonyl (C=O) groups excluding carboxylic acids is 1. The van der Waals surface area contributed by atoms with Crippen LogP contribution >= 0.6 is 0 Å². The van der Waals surface area contributed by atoms with Crippen LogP contribution in [0.1, 0.15) is 69.2 Å². The lowest BCUT2D eigenvalue weighted by atomic mass is 9.73. The third-order valence-corrected chi connectivity index (χ3v) is 7.92. The number of rotatable bonds is 11. The molecule has 212 valence electrons. The van der Waals surface area contributed by atoms with Gasteiger partial charge in [-0.1, -0.05) is 30.3 Å². The number of nitrogens with one attached hydrogen (secondary N) is 1. The van der Waals surface area contributed by atoms with Gasteiger partial charge in [-0.2, -0.15) is 0 Å². The third-order valence-electron chi connectivity index (χ3n) is 7.92. The summed E-state index contributed by atoms with van der Waals surface area (Å²) in [5.74, 6) is -2.92. The van der Waals surface area contributed by atoms with Crippen molar-refractivity contribution in [1.82, 2.24) is 10.2 Å². The Bertz CT molecular complexity index is 1150. The van der Waals surface area contributed by atoms with Crippen molar-refractivity contribution in [3.05, 3.63) is 59.2 Å². The summed E-state index contributed by atoms with van der Waals surface area (Å²) in [5, 5.41) is 12.2. The zero-order valence-corrected chi connectivity index (χ0v) is 23.0. The summed E-state index contributed by atoms with van der Waals surface area (Å²) >= 11 is 0. The van der Waals surface area contributed by atoms with Crippen LogP contribution in [0.25, 0.3) is 0 Å². The van der Waals surface area contributed by atoms with Gasteiger partial charge >= 0.3 is 12.0 Å². The first kappa shape index (κ1) is 28.6. The number of halogens is 2. The SMILES string of the molecule is CCOc1cc([C@@H](C)N(C(=O)NC2(C(=O)O)CC(F)(F)C2)C2CC(Cc3ccccc3)C2)cc(OCC)c1C. The summed E-state index contributed by atoms with van der Waals surface area (Å²) in [4.78, 5) is 27.3. The van der Waals surface area contributed by atoms with Gasteiger partial charge in [0.1, 0.15) is 11.5 Å². The van der Waals surface area contributed by atoms with Crippen LogP contribution in [0.5, 0.6) is 11.5 Å². The summed E-state index contributed by atoms with van der Waals surface area (Å²) in [6, 6.07) is 12.5. The van der Waals surface area contributed by atoms with E-state index in [0.29, 0.717) is 30.6 Å². The molecule has 0 aliphatic heterocycles. The quantitative estimate of drug-likeness (QED) is 0.355. The van der Waals surface area contributed by atoms with Gasteiger partial charge in [-0.25, -0.2) is 18.4 Å². The molecule has 7 nitrogen and oxygen atoms in total. The van der Waals surface area contributed by atoms with E-state index >= 15 is 0 Å². The van der Waals surface area contributed by atoms with Crippen molar-refractivity contribution in [3.63, 3.8) is 0 Å². The highest BCUT2D eigenvalue weighted by Gasteiger charge is 2.62. The maximum Gasteiger partial charge on any atom is 0.329 e. The molecule has 4 rings (SSSR count). The standard InChI is InChI=1S/C30H38F2N2O5/c1-5-38-25-15-23(16-26(19(25)3)39-6-2)20(4)34(24-13-22(14-24)12-21-10-8-7-9-11-21)28(37)33-29(27(35)36)17-30(31,32)18-29/h7-11,15-16,20,22,24H,5-6,12-14,17-18H2,1-4H3,(H,33,37)(H,35,36)/t20-,22?,24?/m1/s1. The van der Waals surface area contributed by atoms with Gasteiger partial charge in [0.2, 0.25) is 0 Å². The molecular weight excluding hydrogens is 506 g/mol. The normalized spacial score (nSPS) is 21.6. The number of hydrogen-bond acceptors (Lipinski definition) is 4. The molecule has 0 spiro atoms. The fourth-order valence-corrected chi connectivity index (χ4v) is 5.79. The minimum absolute atomic E-state index is 0.174. The molecule has 0 radical (unpaired) electrons. The number of nitrogens with zero attached hydrogens (tertiary/aromatic N) is 1. The van der Waals surface area contributed by atoms with Crippen molar-refractivity contribution >= 4 is 12.0 Å². The molecule has 0 unspecified atom stereocenters. The highest BCUT2D eigenvalue weighted by Crippen LogP contribution is 2.47. The van der Waals surface area contributed by atoms with Crippen molar-refractivity contribution in [2.75, 3.05) is 13.2 Å². The number of ether oxygens (including phenoxy) is 2. The molecule has 2 N–H and O–H groups in total. The van der Waals surface area contributed by atoms with Crippen molar-refractivity contribution in [3.8, 4) is 11.5 Å². The van der Waals surface area contributed by atoms with E-state index in [4.69, 9.17) is 9.47 Å². The Morgan fingerprint density at radius 2 is 1.64 bits per heavy atom. The summed E-state index contributed by atoms with van der Waals surface area (Å²) in [5.41, 5.74) is 0.843. The molecule has 2 aromatic carbocycles. The second kappa shape index (κ2) is 11.4. The first-order chi connectivity index (χ1) is 18.5. The van der Waals surface area contributed by atoms with E-state index in [1.807, 2.05) is 58.0 Å². The first-order valence-electron chi connectivity index (χ1n) is 13.6. The highest BCUT2D eigenvalue weighted by molar-refractivity contribution is 5.88. The van der Waals surface area contributed by atoms with Crippen LogP contribution in [0.2, 0.25) is 0 Å². The molecule has 2 saturated carbocycles. The summed E-state index contributed by atoms with van der Waals surface area (Å²) in [7, 11) is 0. The molecule has 2 aromatic rings. The number of amides is 2. The largest absolute Gasteiger partial charge is 0.493 e. The Labute approximate surface area is 228 Å². The van der Waals surface area contributed by atoms with Crippen LogP contribution in [0.15, 0.2) is 42.5 Å². The van der Waals surface area contributed by atoms with Crippen LogP contribution in [0, 0.1) is 12.8 Å². The van der Waals surface area contributed by atoms with Crippen molar-refractivity contribution in [1.29, 1.82) is 0 Å². The number of hydrogen-bond donors (Lipinski definition) is 2. The number of aliphatic carboxylic acids is 1. The molecule has 2 aliphatic carbocycles. The van der Waals surface area contributed by atoms with E-state index in [1.54, 1.807) is 4.90 Å². The predicted molar refractivity (Wildman–Crippen MR) is 144 cm³/mol. The molecular formula is C30H38F2N2O5. The van der Waals surface area contributed by atoms with E-state index < -0.39 is 42.3 Å². The van der Waals surface area contributed by atoms with Crippen molar-refractivity contribution in [2.45, 2.75) is 83.3 Å². The molecule has 0 bridgehead atoms. The second-order valence-electron chi connectivity index (χ2n) is 10.8. The third kappa shape index (κ3) is 6.12. The van der Waals surface area contributed by atoms with Crippen LogP contribution in [0.3, 0.4) is 0 Å². The predicted octanol–water partition coefficient (Wildman–Crippen LogP) is 6.14. The van der Waals surface area contributed by atoms with Crippen LogP contribution in [-0.2, 0) is 11.2 Å². The topological polar surface area (TPSA) is 88.1 Å². The van der Waals surface area contributed by atoms with Gasteiger partial charge in [-0.05, 0) is 76.1 Å². The fourth-order valence-electron chi connectivity index (χ4n) is 5.79. The molecule has 0 saturated heterocycles. The maximum absolute atomic E-state index is 13.8. The monoisotopic (exact) mass is 544 g/mol. The average Bonchev–Trinajstić information content (AvgIpc) is 2.84. The number of carbonyl (C=O) groups is 2. The Morgan fingerprint density at radius 3 is 2.13 bits per heavy atom. The Morgan fingerprint density at radius 1 is 1.08 bits per heavy atom. The van der Waals surface area contributed by atoms with Crippen LogP contribution in [0.4, 0.5) is 13.6 Å². The van der Waals surface area contributed by atoms with Gasteiger partial charge in [0.25, 0.3) is 5.92 Å². The highest BCUT2D eigenvalue weighted by atomic mass is 19.3. The van der Waals surface area contributed by atoms with Gasteiger partial charge in [0.05, 0.1) is 19.3 Å². The molecule has 2 aliphatic rings. The summed E-state index contributed by atoms with van der Waals surface area (Å²) in [6.07, 6.45) is 0.493. The number of urea groups is 1. The molecule has 2 amide bonds. The van der Waals surface area contributed by atoms with E-state index in [9.17, 15) is 23.5 Å². The molecule has 2 fully saturated rings. The molecule has 39 heavy (non-hydrogen) atoms. The summed E-state index contributed by atoms with van der Waals surface area (Å²) in [6.45, 7) is 8.44. The van der Waals surface area contributed by atoms with E-state index in [1.165, 1.54) is 5.56 Å². The average molecular weight is 545 g/mol. The lowest BCUT2D eigenvalue weighted by Crippen LogP contribution is -2.69. The Balaban J connectivity index is 1.61. The molecule has 0 heterocycles. The number of carboxylic acid groups (broad SMARTS) is 1. The smallest absolute Gasteiger partial charge is 0.329 e. The number of benzene rings is 2. The number of carboxylic acids is 1. The number of alkyl halides is 2. The lowest BCUT2D eigenvalue weighted by Gasteiger charge is -2.49. The Hall–Kier alpha value is -3.36. The lowest BCUT2D eigenvalue weighted by molar-refractivity contribution is -0.176. The zero-order valence-electron chi connectivity index (χ0n) is 23.0. The minimum Gasteiger partial charge on any atom is -0.493 e. The molecule has 9 heteroatoms. The minimum atomic E-state index is -3.12. The van der Waals surface area contributed by atoms with Gasteiger partial charge < -0.3 is 24.8 Å². The van der Waals surface area contributed by atoms with E-state index in [-0.39, 0.29) is 6.04 Å². The van der Waals surface area contributed by atoms with Gasteiger partial charge in [0.15, 0.2) is 5.54 Å². The Kier molecular flexibility index (Phi) is 8.37.